The summed E-state index contributed by atoms with van der Waals surface area (Å²) in [5.74, 6) is -0.683. The van der Waals surface area contributed by atoms with Gasteiger partial charge >= 0.3 is 5.97 Å². The van der Waals surface area contributed by atoms with E-state index in [0.29, 0.717) is 30.1 Å². The Morgan fingerprint density at radius 2 is 2.14 bits per heavy atom. The maximum Gasteiger partial charge on any atom is 0.336 e. The molecule has 0 fully saturated rings. The van der Waals surface area contributed by atoms with Crippen LogP contribution in [0.5, 0.6) is 5.75 Å². The standard InChI is InChI=1S/C17H16FNO3/c1-11-9-19(15-8-13(18)6-7-16(15)22-11)10-12-4-2-3-5-14(12)17(20)21/h2-8,11H,9-10H2,1H3,(H,20,21). The van der Waals surface area contributed by atoms with Gasteiger partial charge in [-0.15, -0.1) is 0 Å². The number of aromatic carboxylic acids is 1. The molecule has 1 aliphatic heterocycles. The molecule has 0 aromatic heterocycles. The van der Waals surface area contributed by atoms with Crippen molar-refractivity contribution in [2.24, 2.45) is 0 Å². The number of halogens is 1. The number of nitrogens with zero attached hydrogens (tertiary/aromatic N) is 1. The van der Waals surface area contributed by atoms with Gasteiger partial charge in [-0.1, -0.05) is 18.2 Å². The van der Waals surface area contributed by atoms with Gasteiger partial charge in [0.25, 0.3) is 0 Å². The van der Waals surface area contributed by atoms with Gasteiger partial charge in [-0.05, 0) is 30.7 Å². The largest absolute Gasteiger partial charge is 0.487 e. The SMILES string of the molecule is CC1CN(Cc2ccccc2C(=O)O)c2cc(F)ccc2O1. The summed E-state index contributed by atoms with van der Waals surface area (Å²) < 4.78 is 19.2. The number of carboxylic acid groups (broad SMARTS) is 1. The maximum absolute atomic E-state index is 13.5. The second-order valence-electron chi connectivity index (χ2n) is 5.38. The number of rotatable bonds is 3. The van der Waals surface area contributed by atoms with E-state index in [0.717, 1.165) is 0 Å². The predicted molar refractivity (Wildman–Crippen MR) is 80.9 cm³/mol. The van der Waals surface area contributed by atoms with Crippen molar-refractivity contribution in [3.05, 3.63) is 59.4 Å². The minimum absolute atomic E-state index is 0.0463. The summed E-state index contributed by atoms with van der Waals surface area (Å²) in [5, 5.41) is 9.28. The number of anilines is 1. The van der Waals surface area contributed by atoms with Crippen LogP contribution < -0.4 is 9.64 Å². The summed E-state index contributed by atoms with van der Waals surface area (Å²) in [6.45, 7) is 2.90. The molecule has 2 aromatic carbocycles. The molecule has 1 unspecified atom stereocenters. The first-order valence-corrected chi connectivity index (χ1v) is 7.07. The molecule has 1 heterocycles. The Labute approximate surface area is 127 Å². The number of benzene rings is 2. The van der Waals surface area contributed by atoms with Crippen LogP contribution >= 0.6 is 0 Å². The molecule has 3 rings (SSSR count). The molecule has 1 aliphatic rings. The number of carbonyl (C=O) groups is 1. The van der Waals surface area contributed by atoms with Gasteiger partial charge in [-0.25, -0.2) is 9.18 Å². The van der Waals surface area contributed by atoms with Crippen molar-refractivity contribution in [2.75, 3.05) is 11.4 Å². The van der Waals surface area contributed by atoms with Crippen molar-refractivity contribution in [3.8, 4) is 5.75 Å². The lowest BCUT2D eigenvalue weighted by molar-refractivity contribution is 0.0695. The minimum Gasteiger partial charge on any atom is -0.487 e. The van der Waals surface area contributed by atoms with E-state index in [1.807, 2.05) is 11.8 Å². The zero-order valence-corrected chi connectivity index (χ0v) is 12.1. The summed E-state index contributed by atoms with van der Waals surface area (Å²) in [5.41, 5.74) is 1.61. The van der Waals surface area contributed by atoms with E-state index in [1.54, 1.807) is 30.3 Å². The van der Waals surface area contributed by atoms with Crippen molar-refractivity contribution in [2.45, 2.75) is 19.6 Å². The third-order valence-corrected chi connectivity index (χ3v) is 3.68. The van der Waals surface area contributed by atoms with E-state index in [2.05, 4.69) is 0 Å². The molecule has 0 bridgehead atoms. The fourth-order valence-corrected chi connectivity index (χ4v) is 2.72. The fraction of sp³-hybridized carbons (Fsp3) is 0.235. The Morgan fingerprint density at radius 3 is 2.91 bits per heavy atom. The minimum atomic E-state index is -0.962. The molecule has 114 valence electrons. The quantitative estimate of drug-likeness (QED) is 0.945. The van der Waals surface area contributed by atoms with Crippen LogP contribution in [0.1, 0.15) is 22.8 Å². The molecule has 0 radical (unpaired) electrons. The summed E-state index contributed by atoms with van der Waals surface area (Å²) in [6, 6.07) is 11.2. The van der Waals surface area contributed by atoms with Crippen molar-refractivity contribution in [3.63, 3.8) is 0 Å². The van der Waals surface area contributed by atoms with Crippen LogP contribution in [0.25, 0.3) is 0 Å². The molecule has 5 heteroatoms. The second kappa shape index (κ2) is 5.67. The molecule has 1 atom stereocenters. The van der Waals surface area contributed by atoms with Gasteiger partial charge < -0.3 is 14.7 Å². The molecule has 0 aliphatic carbocycles. The average Bonchev–Trinajstić information content (AvgIpc) is 2.48. The van der Waals surface area contributed by atoms with E-state index in [1.165, 1.54) is 12.1 Å². The lowest BCUT2D eigenvalue weighted by atomic mass is 10.1. The molecule has 2 aromatic rings. The van der Waals surface area contributed by atoms with Gasteiger partial charge in [-0.3, -0.25) is 0 Å². The zero-order chi connectivity index (χ0) is 15.7. The van der Waals surface area contributed by atoms with E-state index < -0.39 is 5.97 Å². The number of hydrogen-bond acceptors (Lipinski definition) is 3. The highest BCUT2D eigenvalue weighted by atomic mass is 19.1. The van der Waals surface area contributed by atoms with Gasteiger partial charge in [0.05, 0.1) is 17.8 Å². The number of fused-ring (bicyclic) bond motifs is 1. The molecule has 1 N–H and O–H groups in total. The van der Waals surface area contributed by atoms with E-state index in [9.17, 15) is 14.3 Å². The zero-order valence-electron chi connectivity index (χ0n) is 12.1. The van der Waals surface area contributed by atoms with Crippen LogP contribution in [-0.2, 0) is 6.54 Å². The van der Waals surface area contributed by atoms with Crippen molar-refractivity contribution in [1.29, 1.82) is 0 Å². The lowest BCUT2D eigenvalue weighted by Crippen LogP contribution is -2.38. The van der Waals surface area contributed by atoms with E-state index in [4.69, 9.17) is 4.74 Å². The Bertz CT molecular complexity index is 717. The molecule has 0 amide bonds. The molecular formula is C17H16FNO3. The highest BCUT2D eigenvalue weighted by molar-refractivity contribution is 5.89. The van der Waals surface area contributed by atoms with Crippen LogP contribution in [0, 0.1) is 5.82 Å². The first-order valence-electron chi connectivity index (χ1n) is 7.07. The third-order valence-electron chi connectivity index (χ3n) is 3.68. The monoisotopic (exact) mass is 301 g/mol. The van der Waals surface area contributed by atoms with Crippen LogP contribution in [-0.4, -0.2) is 23.7 Å². The van der Waals surface area contributed by atoms with Crippen molar-refractivity contribution < 1.29 is 19.0 Å². The molecule has 0 saturated carbocycles. The lowest BCUT2D eigenvalue weighted by Gasteiger charge is -2.35. The maximum atomic E-state index is 13.5. The molecule has 0 saturated heterocycles. The smallest absolute Gasteiger partial charge is 0.336 e. The highest BCUT2D eigenvalue weighted by Crippen LogP contribution is 2.35. The Kier molecular flexibility index (Phi) is 3.71. The van der Waals surface area contributed by atoms with E-state index in [-0.39, 0.29) is 17.5 Å². The first kappa shape index (κ1) is 14.4. The van der Waals surface area contributed by atoms with Gasteiger partial charge in [0, 0.05) is 12.6 Å². The Hall–Kier alpha value is -2.56. The molecular weight excluding hydrogens is 285 g/mol. The van der Waals surface area contributed by atoms with Crippen molar-refractivity contribution >= 4 is 11.7 Å². The van der Waals surface area contributed by atoms with Crippen LogP contribution in [0.15, 0.2) is 42.5 Å². The normalized spacial score (nSPS) is 16.8. The van der Waals surface area contributed by atoms with Crippen LogP contribution in [0.4, 0.5) is 10.1 Å². The number of carboxylic acids is 1. The molecule has 22 heavy (non-hydrogen) atoms. The Morgan fingerprint density at radius 1 is 1.36 bits per heavy atom. The number of ether oxygens (including phenoxy) is 1. The van der Waals surface area contributed by atoms with Crippen molar-refractivity contribution in [1.82, 2.24) is 0 Å². The highest BCUT2D eigenvalue weighted by Gasteiger charge is 2.24. The van der Waals surface area contributed by atoms with E-state index >= 15 is 0 Å². The van der Waals surface area contributed by atoms with Crippen LogP contribution in [0.3, 0.4) is 0 Å². The Balaban J connectivity index is 1.97. The molecule has 4 nitrogen and oxygen atoms in total. The number of hydrogen-bond donors (Lipinski definition) is 1. The second-order valence-corrected chi connectivity index (χ2v) is 5.38. The summed E-state index contributed by atoms with van der Waals surface area (Å²) in [7, 11) is 0. The van der Waals surface area contributed by atoms with Gasteiger partial charge in [0.15, 0.2) is 0 Å². The van der Waals surface area contributed by atoms with Gasteiger partial charge in [-0.2, -0.15) is 0 Å². The summed E-state index contributed by atoms with van der Waals surface area (Å²) in [6.07, 6.45) is -0.0463. The van der Waals surface area contributed by atoms with Gasteiger partial charge in [0.2, 0.25) is 0 Å². The average molecular weight is 301 g/mol. The third kappa shape index (κ3) is 2.74. The van der Waals surface area contributed by atoms with Crippen LogP contribution in [0.2, 0.25) is 0 Å². The topological polar surface area (TPSA) is 49.8 Å². The predicted octanol–water partition coefficient (Wildman–Crippen LogP) is 3.31. The fourth-order valence-electron chi connectivity index (χ4n) is 2.72. The summed E-state index contributed by atoms with van der Waals surface area (Å²) >= 11 is 0. The molecule has 0 spiro atoms. The van der Waals surface area contributed by atoms with Gasteiger partial charge in [0.1, 0.15) is 17.7 Å². The summed E-state index contributed by atoms with van der Waals surface area (Å²) in [4.78, 5) is 13.3. The first-order chi connectivity index (χ1) is 10.5.